The quantitative estimate of drug-likeness (QED) is 0.108. The van der Waals surface area contributed by atoms with Gasteiger partial charge in [0.1, 0.15) is 11.4 Å². The first kappa shape index (κ1) is 54.0. The van der Waals surface area contributed by atoms with Crippen molar-refractivity contribution in [3.8, 4) is 17.6 Å². The van der Waals surface area contributed by atoms with Gasteiger partial charge in [-0.05, 0) is 151 Å². The van der Waals surface area contributed by atoms with E-state index in [0.717, 1.165) is 66.5 Å². The molecule has 0 aromatic carbocycles. The van der Waals surface area contributed by atoms with Gasteiger partial charge in [-0.3, -0.25) is 18.4 Å². The van der Waals surface area contributed by atoms with Crippen LogP contribution < -0.4 is 25.3 Å². The third-order valence-corrected chi connectivity index (χ3v) is 16.2. The van der Waals surface area contributed by atoms with Crippen LogP contribution in [0.5, 0.6) is 17.6 Å². The summed E-state index contributed by atoms with van der Waals surface area (Å²) in [5, 5.41) is 7.68. The summed E-state index contributed by atoms with van der Waals surface area (Å²) in [6, 6.07) is 7.31. The standard InChI is InChI=1S/C23H24N6O3.C15H18BrN3O2.C8H11BrO2.C7H10BrN3O/c1-14(2)32-20-16(25-19(30)17-6-4-5-15-7-8-24-29(15)17)9-28-10-18(26-21(28)27-20)23-11-22(3,12-23)31-13-23;1-9(2)21-12-10(16)4-19-5-11(17-13(19)18-12)15-6-14(3,7-15)20-8-15;1-7-3-8(4-7,5-11-7)6(10)2-9;1-4(2)12-6-5(8)3-10-7(9)11-6/h4-10,14H,11-13H2,1-3H3,(H,25,30);4-5,9H,6-8H2,1-3H3;2-5H2,1H3;3-4H,1-2H3,(H2,9,10,11). The molecule has 6 bridgehead atoms. The lowest BCUT2D eigenvalue weighted by Gasteiger charge is -2.41. The Labute approximate surface area is 465 Å². The van der Waals surface area contributed by atoms with E-state index >= 15 is 0 Å². The van der Waals surface area contributed by atoms with Gasteiger partial charge in [0.15, 0.2) is 5.78 Å². The second kappa shape index (κ2) is 20.2. The summed E-state index contributed by atoms with van der Waals surface area (Å²) < 4.78 is 41.2. The summed E-state index contributed by atoms with van der Waals surface area (Å²) in [6.07, 6.45) is 17.0. The molecule has 20 nitrogen and oxygen atoms in total. The van der Waals surface area contributed by atoms with Crippen molar-refractivity contribution in [2.24, 2.45) is 5.41 Å². The predicted octanol–water partition coefficient (Wildman–Crippen LogP) is 9.46. The number of hydrogen-bond acceptors (Lipinski definition) is 16. The van der Waals surface area contributed by atoms with Crippen molar-refractivity contribution < 1.29 is 38.0 Å². The Morgan fingerprint density at radius 2 is 1.21 bits per heavy atom. The fraction of sp³-hybridized carbons (Fsp3) is 0.528. The monoisotopic (exact) mass is 1230 g/mol. The molecule has 6 aliphatic heterocycles. The molecule has 0 spiro atoms. The van der Waals surface area contributed by atoms with Crippen LogP contribution in [0.3, 0.4) is 0 Å². The Balaban J connectivity index is 0.000000127. The number of amides is 1. The molecule has 0 atom stereocenters. The van der Waals surface area contributed by atoms with Crippen molar-refractivity contribution in [3.05, 3.63) is 87.5 Å². The van der Waals surface area contributed by atoms with E-state index in [9.17, 15) is 9.59 Å². The van der Waals surface area contributed by atoms with Gasteiger partial charge in [0.05, 0.1) is 104 Å². The number of fused-ring (bicyclic) bond motifs is 6. The van der Waals surface area contributed by atoms with Crippen LogP contribution in [0.2, 0.25) is 0 Å². The largest absolute Gasteiger partial charge is 0.474 e. The molecule has 3 saturated carbocycles. The second-order valence-electron chi connectivity index (χ2n) is 22.6. The summed E-state index contributed by atoms with van der Waals surface area (Å²) in [6.45, 7) is 20.2. The summed E-state index contributed by atoms with van der Waals surface area (Å²) in [4.78, 5) is 50.8. The topological polar surface area (TPSA) is 231 Å². The number of nitrogen functional groups attached to an aromatic ring is 1. The zero-order valence-corrected chi connectivity index (χ0v) is 48.8. The minimum Gasteiger partial charge on any atom is -0.474 e. The lowest BCUT2D eigenvalue weighted by molar-refractivity contribution is -0.129. The number of rotatable bonds is 12. The van der Waals surface area contributed by atoms with E-state index in [1.165, 1.54) is 0 Å². The van der Waals surface area contributed by atoms with Gasteiger partial charge >= 0.3 is 0 Å². The number of pyridine rings is 1. The number of ether oxygens (including phenoxy) is 6. The average molecular weight is 1240 g/mol. The normalized spacial score (nSPS) is 27.2. The SMILES string of the molecule is CC(C)Oc1nc(N)ncc1Br.CC(C)Oc1nc2nc(C34COC(C)(C3)C4)cn2cc1Br.CC(C)Oc1nc2nc(C34COC(C)(C3)C4)cn2cc1NC(=O)c1cccc2ccnn12.CC12CC(C(=O)CBr)(CO1)C2. The lowest BCUT2D eigenvalue weighted by atomic mass is 9.61. The summed E-state index contributed by atoms with van der Waals surface area (Å²) in [5.74, 6) is 2.86. The number of carbonyl (C=O) groups is 2. The molecule has 16 rings (SSSR count). The molecular weight excluding hydrogens is 1170 g/mol. The van der Waals surface area contributed by atoms with Crippen LogP contribution in [-0.2, 0) is 29.8 Å². The average Bonchev–Trinajstić information content (AvgIpc) is 4.21. The van der Waals surface area contributed by atoms with Crippen molar-refractivity contribution in [1.82, 2.24) is 48.3 Å². The van der Waals surface area contributed by atoms with Crippen molar-refractivity contribution in [1.29, 1.82) is 0 Å². The van der Waals surface area contributed by atoms with Gasteiger partial charge in [0, 0.05) is 35.6 Å². The molecule has 6 saturated heterocycles. The fourth-order valence-corrected chi connectivity index (χ4v) is 12.9. The van der Waals surface area contributed by atoms with Crippen LogP contribution in [0.25, 0.3) is 17.1 Å². The maximum atomic E-state index is 13.1. The van der Waals surface area contributed by atoms with Gasteiger partial charge in [-0.1, -0.05) is 22.0 Å². The van der Waals surface area contributed by atoms with Crippen LogP contribution in [0, 0.1) is 5.41 Å². The number of nitrogens with one attached hydrogen (secondary N) is 1. The molecule has 7 aromatic rings. The molecule has 3 N–H and O–H groups in total. The van der Waals surface area contributed by atoms with E-state index in [-0.39, 0.29) is 63.2 Å². The predicted molar refractivity (Wildman–Crippen MR) is 294 cm³/mol. The van der Waals surface area contributed by atoms with E-state index in [0.29, 0.717) is 69.4 Å². The number of alkyl halides is 1. The zero-order chi connectivity index (χ0) is 54.2. The molecule has 13 heterocycles. The molecule has 404 valence electrons. The van der Waals surface area contributed by atoms with Gasteiger partial charge in [-0.25, -0.2) is 19.5 Å². The number of ketones is 1. The first-order valence-corrected chi connectivity index (χ1v) is 28.1. The molecule has 1 amide bonds. The van der Waals surface area contributed by atoms with Crippen LogP contribution in [0.4, 0.5) is 11.6 Å². The number of carbonyl (C=O) groups excluding carboxylic acids is 2. The van der Waals surface area contributed by atoms with Gasteiger partial charge in [-0.2, -0.15) is 20.1 Å². The van der Waals surface area contributed by atoms with E-state index in [1.807, 2.05) is 87.1 Å². The molecule has 7 aromatic heterocycles. The van der Waals surface area contributed by atoms with Crippen LogP contribution in [0.15, 0.2) is 70.4 Å². The van der Waals surface area contributed by atoms with Gasteiger partial charge in [0.2, 0.25) is 35.1 Å². The molecule has 3 aliphatic carbocycles. The molecule has 9 aliphatic rings. The highest BCUT2D eigenvalue weighted by Gasteiger charge is 2.64. The molecular formula is C53H63Br3N12O8. The Morgan fingerprint density at radius 1 is 0.684 bits per heavy atom. The number of halogens is 3. The number of hydrogen-bond donors (Lipinski definition) is 2. The van der Waals surface area contributed by atoms with Crippen molar-refractivity contribution in [3.63, 3.8) is 0 Å². The summed E-state index contributed by atoms with van der Waals surface area (Å²) >= 11 is 9.96. The highest BCUT2D eigenvalue weighted by atomic mass is 79.9. The van der Waals surface area contributed by atoms with Crippen molar-refractivity contribution in [2.75, 3.05) is 36.2 Å². The van der Waals surface area contributed by atoms with Crippen LogP contribution >= 0.6 is 47.8 Å². The third-order valence-electron chi connectivity index (χ3n) is 14.6. The maximum Gasteiger partial charge on any atom is 0.274 e. The highest BCUT2D eigenvalue weighted by molar-refractivity contribution is 9.11. The summed E-state index contributed by atoms with van der Waals surface area (Å²) in [7, 11) is 0. The highest BCUT2D eigenvalue weighted by Crippen LogP contribution is 2.60. The van der Waals surface area contributed by atoms with Gasteiger partial charge in [0.25, 0.3) is 5.91 Å². The fourth-order valence-electron chi connectivity index (χ4n) is 11.6. The van der Waals surface area contributed by atoms with Crippen LogP contribution in [-0.4, -0.2) is 120 Å². The van der Waals surface area contributed by atoms with Crippen molar-refractivity contribution >= 4 is 88.2 Å². The Morgan fingerprint density at radius 3 is 1.74 bits per heavy atom. The second-order valence-corrected chi connectivity index (χ2v) is 24.9. The van der Waals surface area contributed by atoms with Crippen molar-refractivity contribution in [2.45, 2.75) is 147 Å². The van der Waals surface area contributed by atoms with Crippen LogP contribution in [0.1, 0.15) is 123 Å². The minimum atomic E-state index is -0.299. The number of aromatic nitrogens is 10. The lowest BCUT2D eigenvalue weighted by Crippen LogP contribution is -2.47. The van der Waals surface area contributed by atoms with E-state index in [2.05, 4.69) is 105 Å². The van der Waals surface area contributed by atoms with Gasteiger partial charge in [-0.15, -0.1) is 0 Å². The zero-order valence-electron chi connectivity index (χ0n) is 44.0. The number of imidazole rings is 2. The number of nitrogens with zero attached hydrogens (tertiary/aromatic N) is 10. The first-order valence-electron chi connectivity index (χ1n) is 25.4. The van der Waals surface area contributed by atoms with E-state index in [1.54, 1.807) is 23.0 Å². The Bertz CT molecular complexity index is 3340. The maximum absolute atomic E-state index is 13.1. The summed E-state index contributed by atoms with van der Waals surface area (Å²) in [5.41, 5.74) is 9.20. The number of nitrogens with two attached hydrogens (primary N) is 1. The smallest absolute Gasteiger partial charge is 0.274 e. The Hall–Kier alpha value is -5.33. The molecule has 0 radical (unpaired) electrons. The number of anilines is 2. The Kier molecular flexibility index (Phi) is 14.3. The molecule has 9 fully saturated rings. The third kappa shape index (κ3) is 10.5. The molecule has 23 heteroatoms. The minimum absolute atomic E-state index is 0.0260. The molecule has 0 unspecified atom stereocenters. The molecule has 76 heavy (non-hydrogen) atoms. The van der Waals surface area contributed by atoms with E-state index in [4.69, 9.17) is 44.1 Å². The first-order chi connectivity index (χ1) is 35.9. The van der Waals surface area contributed by atoms with Gasteiger partial charge < -0.3 is 39.5 Å². The van der Waals surface area contributed by atoms with E-state index < -0.39 is 0 Å². The number of Topliss-reactive ketones (excluding diaryl/α,β-unsaturated/α-hetero) is 1.